The number of nitrogens with zero attached hydrogens (tertiary/aromatic N) is 2. The summed E-state index contributed by atoms with van der Waals surface area (Å²) in [6, 6.07) is 15.2. The number of nitrogens with one attached hydrogen (secondary N) is 1. The SMILES string of the molecule is Cc1cc(Br)cc(C)c1S(=O)(=O)Nc1cc(-c2ccccc2)nn1CC(C)C. The predicted octanol–water partition coefficient (Wildman–Crippen LogP) is 5.39. The molecule has 0 unspecified atom stereocenters. The fourth-order valence-electron chi connectivity index (χ4n) is 3.24. The molecule has 7 heteroatoms. The fourth-order valence-corrected chi connectivity index (χ4v) is 5.44. The molecule has 0 atom stereocenters. The van der Waals surface area contributed by atoms with Gasteiger partial charge in [0.2, 0.25) is 0 Å². The summed E-state index contributed by atoms with van der Waals surface area (Å²) in [4.78, 5) is 0.300. The molecule has 1 N–H and O–H groups in total. The lowest BCUT2D eigenvalue weighted by molar-refractivity contribution is 0.489. The summed E-state index contributed by atoms with van der Waals surface area (Å²) in [7, 11) is -3.75. The Morgan fingerprint density at radius 2 is 1.68 bits per heavy atom. The molecule has 148 valence electrons. The lowest BCUT2D eigenvalue weighted by Crippen LogP contribution is -2.19. The molecule has 3 rings (SSSR count). The summed E-state index contributed by atoms with van der Waals surface area (Å²) >= 11 is 3.42. The zero-order valence-corrected chi connectivity index (χ0v) is 18.8. The number of rotatable bonds is 6. The highest BCUT2D eigenvalue weighted by molar-refractivity contribution is 9.10. The van der Waals surface area contributed by atoms with Gasteiger partial charge in [0.05, 0.1) is 10.6 Å². The average molecular weight is 462 g/mol. The van der Waals surface area contributed by atoms with Crippen molar-refractivity contribution in [1.82, 2.24) is 9.78 Å². The van der Waals surface area contributed by atoms with Crippen LogP contribution in [0.15, 0.2) is 57.9 Å². The number of halogens is 1. The van der Waals surface area contributed by atoms with Crippen molar-refractivity contribution in [1.29, 1.82) is 0 Å². The summed E-state index contributed by atoms with van der Waals surface area (Å²) in [5.41, 5.74) is 3.07. The molecule has 0 aliphatic carbocycles. The first-order chi connectivity index (χ1) is 13.2. The number of hydrogen-bond acceptors (Lipinski definition) is 3. The zero-order valence-electron chi connectivity index (χ0n) is 16.4. The van der Waals surface area contributed by atoms with Gasteiger partial charge in [0.25, 0.3) is 10.0 Å². The van der Waals surface area contributed by atoms with Gasteiger partial charge in [-0.2, -0.15) is 5.10 Å². The van der Waals surface area contributed by atoms with E-state index in [1.54, 1.807) is 24.6 Å². The van der Waals surface area contributed by atoms with Gasteiger partial charge >= 0.3 is 0 Å². The van der Waals surface area contributed by atoms with Crippen LogP contribution < -0.4 is 4.72 Å². The molecule has 3 aromatic rings. The van der Waals surface area contributed by atoms with E-state index >= 15 is 0 Å². The molecule has 0 spiro atoms. The third kappa shape index (κ3) is 4.47. The Morgan fingerprint density at radius 3 is 2.25 bits per heavy atom. The van der Waals surface area contributed by atoms with Crippen molar-refractivity contribution in [2.24, 2.45) is 5.92 Å². The number of aromatic nitrogens is 2. The van der Waals surface area contributed by atoms with Gasteiger partial charge in [0.15, 0.2) is 0 Å². The second kappa shape index (κ2) is 8.09. The Bertz CT molecular complexity index is 1070. The van der Waals surface area contributed by atoms with Gasteiger partial charge in [0.1, 0.15) is 5.82 Å². The van der Waals surface area contributed by atoms with Gasteiger partial charge in [-0.25, -0.2) is 13.1 Å². The summed E-state index contributed by atoms with van der Waals surface area (Å²) in [6.45, 7) is 8.36. The summed E-state index contributed by atoms with van der Waals surface area (Å²) < 4.78 is 31.7. The van der Waals surface area contributed by atoms with Crippen molar-refractivity contribution in [3.05, 3.63) is 64.1 Å². The molecule has 0 radical (unpaired) electrons. The smallest absolute Gasteiger partial charge is 0.263 e. The van der Waals surface area contributed by atoms with Crippen LogP contribution >= 0.6 is 15.9 Å². The van der Waals surface area contributed by atoms with E-state index in [-0.39, 0.29) is 0 Å². The van der Waals surface area contributed by atoms with Crippen LogP contribution in [0.25, 0.3) is 11.3 Å². The third-order valence-corrected chi connectivity index (χ3v) is 6.44. The maximum Gasteiger partial charge on any atom is 0.263 e. The number of benzene rings is 2. The zero-order chi connectivity index (χ0) is 20.5. The second-order valence-corrected chi connectivity index (χ2v) is 9.87. The maximum atomic E-state index is 13.2. The quantitative estimate of drug-likeness (QED) is 0.535. The first kappa shape index (κ1) is 20.6. The summed E-state index contributed by atoms with van der Waals surface area (Å²) in [5, 5.41) is 4.64. The van der Waals surface area contributed by atoms with Crippen molar-refractivity contribution in [3.8, 4) is 11.3 Å². The average Bonchev–Trinajstić information content (AvgIpc) is 2.95. The van der Waals surface area contributed by atoms with Crippen LogP contribution in [0.2, 0.25) is 0 Å². The highest BCUT2D eigenvalue weighted by atomic mass is 79.9. The van der Waals surface area contributed by atoms with E-state index in [1.807, 2.05) is 42.5 Å². The molecule has 0 aliphatic heterocycles. The standard InChI is InChI=1S/C21H24BrN3O2S/c1-14(2)13-25-20(12-19(23-25)17-8-6-5-7-9-17)24-28(26,27)21-15(3)10-18(22)11-16(21)4/h5-12,14,24H,13H2,1-4H3. The molecule has 0 aliphatic rings. The van der Waals surface area contributed by atoms with Crippen LogP contribution in [0.4, 0.5) is 5.82 Å². The van der Waals surface area contributed by atoms with Gasteiger partial charge in [-0.15, -0.1) is 0 Å². The highest BCUT2D eigenvalue weighted by Gasteiger charge is 2.23. The monoisotopic (exact) mass is 461 g/mol. The number of hydrogen-bond donors (Lipinski definition) is 1. The molecule has 0 saturated heterocycles. The Morgan fingerprint density at radius 1 is 1.07 bits per heavy atom. The van der Waals surface area contributed by atoms with E-state index in [1.165, 1.54) is 0 Å². The van der Waals surface area contributed by atoms with Gasteiger partial charge in [-0.3, -0.25) is 4.72 Å². The first-order valence-corrected chi connectivity index (χ1v) is 11.4. The van der Waals surface area contributed by atoms with Crippen LogP contribution in [-0.4, -0.2) is 18.2 Å². The van der Waals surface area contributed by atoms with Crippen molar-refractivity contribution < 1.29 is 8.42 Å². The lowest BCUT2D eigenvalue weighted by Gasteiger charge is -2.15. The summed E-state index contributed by atoms with van der Waals surface area (Å²) in [5.74, 6) is 0.789. The van der Waals surface area contributed by atoms with Crippen LogP contribution in [0.1, 0.15) is 25.0 Å². The minimum Gasteiger partial charge on any atom is -0.264 e. The molecule has 2 aromatic carbocycles. The molecule has 28 heavy (non-hydrogen) atoms. The molecule has 0 fully saturated rings. The topological polar surface area (TPSA) is 64.0 Å². The fraction of sp³-hybridized carbons (Fsp3) is 0.286. The van der Waals surface area contributed by atoms with Gasteiger partial charge < -0.3 is 0 Å². The van der Waals surface area contributed by atoms with Crippen molar-refractivity contribution >= 4 is 31.8 Å². The molecule has 0 amide bonds. The van der Waals surface area contributed by atoms with E-state index in [0.717, 1.165) is 15.7 Å². The van der Waals surface area contributed by atoms with Gasteiger partial charge in [0, 0.05) is 22.6 Å². The molecule has 1 aromatic heterocycles. The van der Waals surface area contributed by atoms with E-state index in [9.17, 15) is 8.42 Å². The summed E-state index contributed by atoms with van der Waals surface area (Å²) in [6.07, 6.45) is 0. The van der Waals surface area contributed by atoms with Crippen LogP contribution in [0, 0.1) is 19.8 Å². The molecule has 0 saturated carbocycles. The second-order valence-electron chi connectivity index (χ2n) is 7.33. The van der Waals surface area contributed by atoms with Crippen molar-refractivity contribution in [3.63, 3.8) is 0 Å². The van der Waals surface area contributed by atoms with Crippen LogP contribution in [0.3, 0.4) is 0 Å². The van der Waals surface area contributed by atoms with Crippen molar-refractivity contribution in [2.45, 2.75) is 39.1 Å². The molecule has 5 nitrogen and oxygen atoms in total. The Hall–Kier alpha value is -2.12. The van der Waals surface area contributed by atoms with E-state index in [0.29, 0.717) is 34.3 Å². The number of sulfonamides is 1. The van der Waals surface area contributed by atoms with E-state index < -0.39 is 10.0 Å². The Labute approximate surface area is 175 Å². The minimum absolute atomic E-state index is 0.300. The minimum atomic E-state index is -3.75. The van der Waals surface area contributed by atoms with E-state index in [2.05, 4.69) is 39.6 Å². The lowest BCUT2D eigenvalue weighted by atomic mass is 10.2. The van der Waals surface area contributed by atoms with E-state index in [4.69, 9.17) is 0 Å². The predicted molar refractivity (Wildman–Crippen MR) is 117 cm³/mol. The molecule has 0 bridgehead atoms. The first-order valence-electron chi connectivity index (χ1n) is 9.10. The molecular weight excluding hydrogens is 438 g/mol. The van der Waals surface area contributed by atoms with Crippen LogP contribution in [-0.2, 0) is 16.6 Å². The maximum absolute atomic E-state index is 13.2. The van der Waals surface area contributed by atoms with Crippen molar-refractivity contribution in [2.75, 3.05) is 4.72 Å². The Kier molecular flexibility index (Phi) is 5.95. The largest absolute Gasteiger partial charge is 0.264 e. The molecular formula is C21H24BrN3O2S. The van der Waals surface area contributed by atoms with Gasteiger partial charge in [-0.1, -0.05) is 60.1 Å². The van der Waals surface area contributed by atoms with Gasteiger partial charge in [-0.05, 0) is 43.0 Å². The third-order valence-electron chi connectivity index (χ3n) is 4.32. The number of aryl methyl sites for hydroxylation is 2. The highest BCUT2D eigenvalue weighted by Crippen LogP contribution is 2.28. The van der Waals surface area contributed by atoms with Crippen LogP contribution in [0.5, 0.6) is 0 Å². The normalized spacial score (nSPS) is 11.8. The number of anilines is 1. The Balaban J connectivity index is 2.04. The molecule has 1 heterocycles.